The molecule has 1 aromatic heterocycles. The van der Waals surface area contributed by atoms with Crippen LogP contribution in [-0.4, -0.2) is 10.9 Å². The van der Waals surface area contributed by atoms with Gasteiger partial charge in [0.05, 0.1) is 5.69 Å². The number of aryl methyl sites for hydroxylation is 2. The van der Waals surface area contributed by atoms with Crippen molar-refractivity contribution in [2.45, 2.75) is 19.8 Å². The highest BCUT2D eigenvalue weighted by Gasteiger charge is 2.07. The van der Waals surface area contributed by atoms with Gasteiger partial charge in [0.25, 0.3) is 0 Å². The van der Waals surface area contributed by atoms with E-state index in [9.17, 15) is 4.79 Å². The van der Waals surface area contributed by atoms with Gasteiger partial charge in [0, 0.05) is 12.1 Å². The summed E-state index contributed by atoms with van der Waals surface area (Å²) in [6.45, 7) is 1.80. The first kappa shape index (κ1) is 12.2. The minimum absolute atomic E-state index is 0.126. The smallest absolute Gasteiger partial charge is 0.301 e. The maximum atomic E-state index is 11.6. The summed E-state index contributed by atoms with van der Waals surface area (Å²) in [5, 5.41) is 2.60. The molecule has 1 heterocycles. The third kappa shape index (κ3) is 3.35. The van der Waals surface area contributed by atoms with Crippen LogP contribution in [0.3, 0.4) is 0 Å². The lowest BCUT2D eigenvalue weighted by molar-refractivity contribution is -0.116. The standard InChI is InChI=1S/C13H15N3O2/c1-9-8-18-13(15-9)16-12(17)6-5-10-3-2-4-11(14)7-10/h2-4,7-8H,5-6,14H2,1H3,(H,15,16,17). The van der Waals surface area contributed by atoms with Crippen molar-refractivity contribution in [2.24, 2.45) is 0 Å². The number of nitrogens with one attached hydrogen (secondary N) is 1. The number of nitrogen functional groups attached to an aromatic ring is 1. The van der Waals surface area contributed by atoms with Crippen LogP contribution in [0.2, 0.25) is 0 Å². The van der Waals surface area contributed by atoms with Crippen molar-refractivity contribution in [1.82, 2.24) is 4.98 Å². The first-order valence-corrected chi connectivity index (χ1v) is 5.70. The Morgan fingerprint density at radius 3 is 3.00 bits per heavy atom. The molecule has 5 heteroatoms. The van der Waals surface area contributed by atoms with Gasteiger partial charge in [-0.15, -0.1) is 0 Å². The van der Waals surface area contributed by atoms with E-state index in [4.69, 9.17) is 10.2 Å². The monoisotopic (exact) mass is 245 g/mol. The van der Waals surface area contributed by atoms with E-state index in [-0.39, 0.29) is 11.9 Å². The number of hydrogen-bond donors (Lipinski definition) is 2. The van der Waals surface area contributed by atoms with E-state index in [0.29, 0.717) is 18.5 Å². The Bertz CT molecular complexity index is 549. The van der Waals surface area contributed by atoms with E-state index in [1.54, 1.807) is 6.92 Å². The number of carbonyl (C=O) groups excluding carboxylic acids is 1. The molecule has 2 aromatic rings. The molecule has 0 radical (unpaired) electrons. The number of hydrogen-bond acceptors (Lipinski definition) is 4. The Kier molecular flexibility index (Phi) is 3.62. The number of nitrogens with two attached hydrogens (primary N) is 1. The summed E-state index contributed by atoms with van der Waals surface area (Å²) in [5.74, 6) is -0.126. The Balaban J connectivity index is 1.85. The third-order valence-electron chi connectivity index (χ3n) is 2.46. The molecule has 94 valence electrons. The number of anilines is 2. The van der Waals surface area contributed by atoms with E-state index in [0.717, 1.165) is 11.3 Å². The lowest BCUT2D eigenvalue weighted by Gasteiger charge is -2.02. The number of oxazole rings is 1. The fraction of sp³-hybridized carbons (Fsp3) is 0.231. The molecule has 0 saturated heterocycles. The lowest BCUT2D eigenvalue weighted by Crippen LogP contribution is -2.12. The number of carbonyl (C=O) groups is 1. The van der Waals surface area contributed by atoms with Gasteiger partial charge in [0.2, 0.25) is 5.91 Å². The third-order valence-corrected chi connectivity index (χ3v) is 2.46. The van der Waals surface area contributed by atoms with Crippen molar-refractivity contribution in [2.75, 3.05) is 11.1 Å². The van der Waals surface area contributed by atoms with E-state index in [2.05, 4.69) is 10.3 Å². The summed E-state index contributed by atoms with van der Waals surface area (Å²) >= 11 is 0. The average molecular weight is 245 g/mol. The van der Waals surface area contributed by atoms with E-state index >= 15 is 0 Å². The predicted molar refractivity (Wildman–Crippen MR) is 69.0 cm³/mol. The molecule has 0 fully saturated rings. The summed E-state index contributed by atoms with van der Waals surface area (Å²) in [6, 6.07) is 7.74. The van der Waals surface area contributed by atoms with Crippen LogP contribution >= 0.6 is 0 Å². The van der Waals surface area contributed by atoms with Crippen molar-refractivity contribution < 1.29 is 9.21 Å². The molecule has 5 nitrogen and oxygen atoms in total. The molecule has 3 N–H and O–H groups in total. The first-order valence-electron chi connectivity index (χ1n) is 5.70. The van der Waals surface area contributed by atoms with Crippen molar-refractivity contribution in [3.05, 3.63) is 41.8 Å². The molecule has 0 saturated carbocycles. The molecule has 0 aliphatic rings. The van der Waals surface area contributed by atoms with Gasteiger partial charge in [0.1, 0.15) is 6.26 Å². The minimum Gasteiger partial charge on any atom is -0.432 e. The predicted octanol–water partition coefficient (Wildman–Crippen LogP) is 2.14. The molecule has 2 rings (SSSR count). The fourth-order valence-corrected chi connectivity index (χ4v) is 1.60. The molecule has 18 heavy (non-hydrogen) atoms. The van der Waals surface area contributed by atoms with Crippen LogP contribution in [0.25, 0.3) is 0 Å². The number of rotatable bonds is 4. The molecule has 0 atom stereocenters. The number of aromatic nitrogens is 1. The topological polar surface area (TPSA) is 81.2 Å². The second-order valence-electron chi connectivity index (χ2n) is 4.09. The molecular formula is C13H15N3O2. The lowest BCUT2D eigenvalue weighted by atomic mass is 10.1. The number of nitrogens with zero attached hydrogens (tertiary/aromatic N) is 1. The highest BCUT2D eigenvalue weighted by Crippen LogP contribution is 2.10. The zero-order chi connectivity index (χ0) is 13.0. The Labute approximate surface area is 105 Å². The second-order valence-corrected chi connectivity index (χ2v) is 4.09. The Morgan fingerprint density at radius 1 is 1.50 bits per heavy atom. The summed E-state index contributed by atoms with van der Waals surface area (Å²) in [7, 11) is 0. The van der Waals surface area contributed by atoms with Crippen LogP contribution in [0.1, 0.15) is 17.7 Å². The van der Waals surface area contributed by atoms with Crippen LogP contribution in [0, 0.1) is 6.92 Å². The molecule has 0 bridgehead atoms. The van der Waals surface area contributed by atoms with E-state index in [1.807, 2.05) is 24.3 Å². The normalized spacial score (nSPS) is 10.3. The summed E-state index contributed by atoms with van der Waals surface area (Å²) in [5.41, 5.74) is 8.14. The van der Waals surface area contributed by atoms with Gasteiger partial charge in [0.15, 0.2) is 0 Å². The SMILES string of the molecule is Cc1coc(NC(=O)CCc2cccc(N)c2)n1. The zero-order valence-electron chi connectivity index (χ0n) is 10.1. The van der Waals surface area contributed by atoms with Crippen LogP contribution in [0.15, 0.2) is 34.9 Å². The summed E-state index contributed by atoms with van der Waals surface area (Å²) in [4.78, 5) is 15.6. The highest BCUT2D eigenvalue weighted by atomic mass is 16.4. The maximum absolute atomic E-state index is 11.6. The van der Waals surface area contributed by atoms with Crippen LogP contribution in [-0.2, 0) is 11.2 Å². The van der Waals surface area contributed by atoms with Gasteiger partial charge >= 0.3 is 6.01 Å². The second kappa shape index (κ2) is 5.35. The molecule has 1 aromatic carbocycles. The van der Waals surface area contributed by atoms with Gasteiger partial charge < -0.3 is 10.2 Å². The summed E-state index contributed by atoms with van der Waals surface area (Å²) < 4.78 is 5.04. The van der Waals surface area contributed by atoms with Crippen molar-refractivity contribution in [3.63, 3.8) is 0 Å². The summed E-state index contributed by atoms with van der Waals surface area (Å²) in [6.07, 6.45) is 2.49. The van der Waals surface area contributed by atoms with Crippen molar-refractivity contribution in [3.8, 4) is 0 Å². The van der Waals surface area contributed by atoms with Gasteiger partial charge in [-0.25, -0.2) is 0 Å². The molecule has 1 amide bonds. The van der Waals surface area contributed by atoms with E-state index in [1.165, 1.54) is 6.26 Å². The number of amides is 1. The maximum Gasteiger partial charge on any atom is 0.301 e. The molecular weight excluding hydrogens is 230 g/mol. The van der Waals surface area contributed by atoms with E-state index < -0.39 is 0 Å². The first-order chi connectivity index (χ1) is 8.63. The largest absolute Gasteiger partial charge is 0.432 e. The zero-order valence-corrected chi connectivity index (χ0v) is 10.1. The van der Waals surface area contributed by atoms with Crippen LogP contribution in [0.4, 0.5) is 11.7 Å². The van der Waals surface area contributed by atoms with Crippen molar-refractivity contribution in [1.29, 1.82) is 0 Å². The quantitative estimate of drug-likeness (QED) is 0.808. The van der Waals surface area contributed by atoms with Gasteiger partial charge in [-0.1, -0.05) is 12.1 Å². The molecule has 0 aliphatic carbocycles. The van der Waals surface area contributed by atoms with Gasteiger partial charge in [-0.05, 0) is 31.0 Å². The van der Waals surface area contributed by atoms with Crippen LogP contribution < -0.4 is 11.1 Å². The van der Waals surface area contributed by atoms with Crippen molar-refractivity contribution >= 4 is 17.6 Å². The van der Waals surface area contributed by atoms with Crippen LogP contribution in [0.5, 0.6) is 0 Å². The number of benzene rings is 1. The minimum atomic E-state index is -0.126. The molecule has 0 spiro atoms. The highest BCUT2D eigenvalue weighted by molar-refractivity contribution is 5.88. The molecule has 0 unspecified atom stereocenters. The Morgan fingerprint density at radius 2 is 2.33 bits per heavy atom. The average Bonchev–Trinajstić information content (AvgIpc) is 2.72. The van der Waals surface area contributed by atoms with Gasteiger partial charge in [-0.3, -0.25) is 10.1 Å². The fourth-order valence-electron chi connectivity index (χ4n) is 1.60. The Hall–Kier alpha value is -2.30. The molecule has 0 aliphatic heterocycles. The van der Waals surface area contributed by atoms with Gasteiger partial charge in [-0.2, -0.15) is 4.98 Å².